The summed E-state index contributed by atoms with van der Waals surface area (Å²) in [6.45, 7) is 5.12. The molecule has 0 saturated heterocycles. The number of carbonyl (C=O) groups excluding carboxylic acids is 2. The van der Waals surface area contributed by atoms with Crippen molar-refractivity contribution in [1.82, 2.24) is 9.99 Å². The van der Waals surface area contributed by atoms with Crippen molar-refractivity contribution in [1.29, 1.82) is 0 Å². The number of hydrogen-bond donors (Lipinski definition) is 3. The van der Waals surface area contributed by atoms with Crippen LogP contribution in [0.2, 0.25) is 0 Å². The summed E-state index contributed by atoms with van der Waals surface area (Å²) in [7, 11) is -2.30. The molecule has 0 spiro atoms. The lowest BCUT2D eigenvalue weighted by Crippen LogP contribution is -2.58. The first-order valence-electron chi connectivity index (χ1n) is 6.05. The van der Waals surface area contributed by atoms with Crippen molar-refractivity contribution in [3.05, 3.63) is 0 Å². The maximum atomic E-state index is 11.9. The van der Waals surface area contributed by atoms with Crippen LogP contribution in [-0.4, -0.2) is 51.1 Å². The summed E-state index contributed by atoms with van der Waals surface area (Å²) in [4.78, 5) is 34.4. The minimum Gasteiger partial charge on any atom is -0.480 e. The molecule has 0 bridgehead atoms. The predicted molar refractivity (Wildman–Crippen MR) is 71.1 cm³/mol. The van der Waals surface area contributed by atoms with Gasteiger partial charge in [-0.1, -0.05) is 11.6 Å². The first-order chi connectivity index (χ1) is 9.05. The van der Waals surface area contributed by atoms with Crippen LogP contribution in [0, 0.1) is 0 Å². The van der Waals surface area contributed by atoms with Crippen molar-refractivity contribution >= 4 is 25.7 Å². The summed E-state index contributed by atoms with van der Waals surface area (Å²) < 4.78 is 12.2. The number of amides is 2. The monoisotopic (exact) mass is 307 g/mol. The molecule has 0 fully saturated rings. The minimum absolute atomic E-state index is 0.0207. The third-order valence-corrected chi connectivity index (χ3v) is 3.72. The van der Waals surface area contributed by atoms with E-state index >= 15 is 0 Å². The Balaban J connectivity index is 5.22. The minimum atomic E-state index is -2.38. The van der Waals surface area contributed by atoms with E-state index in [1.807, 2.05) is 5.32 Å². The zero-order valence-electron chi connectivity index (χ0n) is 11.9. The van der Waals surface area contributed by atoms with Crippen LogP contribution in [0.15, 0.2) is 0 Å². The van der Waals surface area contributed by atoms with E-state index in [1.165, 1.54) is 13.6 Å². The van der Waals surface area contributed by atoms with Crippen LogP contribution in [0.1, 0.15) is 33.6 Å². The molecule has 3 N–H and O–H groups in total. The van der Waals surface area contributed by atoms with E-state index in [2.05, 4.69) is 0 Å². The molecule has 8 nitrogen and oxygen atoms in total. The summed E-state index contributed by atoms with van der Waals surface area (Å²) in [6, 6.07) is -1.24. The highest BCUT2D eigenvalue weighted by Crippen LogP contribution is 2.32. The van der Waals surface area contributed by atoms with Crippen LogP contribution in [0.4, 0.5) is 0 Å². The molecule has 1 unspecified atom stereocenters. The summed E-state index contributed by atoms with van der Waals surface area (Å²) in [6.07, 6.45) is 0.481. The van der Waals surface area contributed by atoms with Crippen LogP contribution >= 0.6 is 7.95 Å². The first-order valence-corrected chi connectivity index (χ1v) is 7.71. The van der Waals surface area contributed by atoms with Crippen LogP contribution in [0.3, 0.4) is 0 Å². The normalized spacial score (nSPS) is 15.8. The Labute approximate surface area is 118 Å². The molecule has 2 amide bonds. The van der Waals surface area contributed by atoms with Crippen LogP contribution < -0.4 is 5.32 Å². The fourth-order valence-electron chi connectivity index (χ4n) is 1.49. The Morgan fingerprint density at radius 1 is 1.40 bits per heavy atom. The highest BCUT2D eigenvalue weighted by molar-refractivity contribution is 7.42. The molecule has 0 heterocycles. The van der Waals surface area contributed by atoms with Gasteiger partial charge in [0.05, 0.1) is 0 Å². The Morgan fingerprint density at radius 2 is 1.90 bits per heavy atom. The molecular formula is C11H20N2O6P+. The second-order valence-corrected chi connectivity index (χ2v) is 5.80. The number of carboxylic acid groups (broad SMARTS) is 1. The molecule has 20 heavy (non-hydrogen) atoms. The summed E-state index contributed by atoms with van der Waals surface area (Å²) >= 11 is 0. The number of nitrogens with one attached hydrogen (secondary N) is 1. The van der Waals surface area contributed by atoms with Gasteiger partial charge in [-0.3, -0.25) is 14.4 Å². The van der Waals surface area contributed by atoms with E-state index in [0.29, 0.717) is 11.1 Å². The van der Waals surface area contributed by atoms with Gasteiger partial charge in [0.25, 0.3) is 17.5 Å². The van der Waals surface area contributed by atoms with Crippen LogP contribution in [-0.2, 0) is 18.9 Å². The Morgan fingerprint density at radius 3 is 2.25 bits per heavy atom. The molecule has 0 rings (SSSR count). The SMILES string of the molecule is CCCC(=O)N([P+](C)=O)[C@](C)(O)C(=O)N[C@@H](C)C(=O)O. The fourth-order valence-corrected chi connectivity index (χ4v) is 2.54. The van der Waals surface area contributed by atoms with Crippen molar-refractivity contribution in [2.24, 2.45) is 0 Å². The molecule has 0 aliphatic heterocycles. The third-order valence-electron chi connectivity index (χ3n) is 2.54. The van der Waals surface area contributed by atoms with Gasteiger partial charge in [-0.2, -0.15) is 0 Å². The lowest BCUT2D eigenvalue weighted by molar-refractivity contribution is -0.161. The zero-order chi connectivity index (χ0) is 16.1. The number of carbonyl (C=O) groups is 3. The number of aliphatic hydroxyl groups is 1. The predicted octanol–water partition coefficient (Wildman–Crippen LogP) is 0.285. The molecule has 0 aliphatic rings. The van der Waals surface area contributed by atoms with Crippen molar-refractivity contribution in [2.45, 2.75) is 45.4 Å². The molecule has 0 aliphatic carbocycles. The zero-order valence-corrected chi connectivity index (χ0v) is 12.8. The standard InChI is InChI=1S/C11H19N2O6P/c1-5-6-8(14)13(20(4)19)11(3,18)10(17)12-7(2)9(15)16/h7,18H,5-6H2,1-4H3,(H-,12,15,16,17)/p+1/t7-,11+/m0/s1. The summed E-state index contributed by atoms with van der Waals surface area (Å²) in [5, 5.41) is 20.9. The molecule has 9 heteroatoms. The maximum Gasteiger partial charge on any atom is 0.465 e. The Hall–Kier alpha value is -1.53. The van der Waals surface area contributed by atoms with Crippen LogP contribution in [0.25, 0.3) is 0 Å². The molecule has 0 aromatic carbocycles. The first kappa shape index (κ1) is 18.5. The molecule has 0 aromatic heterocycles. The van der Waals surface area contributed by atoms with E-state index in [1.54, 1.807) is 6.92 Å². The van der Waals surface area contributed by atoms with Gasteiger partial charge in [-0.25, -0.2) is 0 Å². The topological polar surface area (TPSA) is 124 Å². The average molecular weight is 307 g/mol. The fraction of sp³-hybridized carbons (Fsp3) is 0.727. The molecule has 0 radical (unpaired) electrons. The van der Waals surface area contributed by atoms with Gasteiger partial charge in [-0.05, 0) is 24.8 Å². The van der Waals surface area contributed by atoms with E-state index in [-0.39, 0.29) is 6.42 Å². The van der Waals surface area contributed by atoms with E-state index in [0.717, 1.165) is 6.92 Å². The lowest BCUT2D eigenvalue weighted by Gasteiger charge is -2.27. The number of hydrogen-bond acceptors (Lipinski definition) is 5. The molecular weight excluding hydrogens is 287 g/mol. The van der Waals surface area contributed by atoms with Gasteiger partial charge in [0.15, 0.2) is 6.66 Å². The number of carboxylic acids is 1. The van der Waals surface area contributed by atoms with Crippen molar-refractivity contribution < 1.29 is 29.2 Å². The quantitative estimate of drug-likeness (QED) is 0.458. The summed E-state index contributed by atoms with van der Waals surface area (Å²) in [5.41, 5.74) is -2.38. The van der Waals surface area contributed by atoms with Gasteiger partial charge >= 0.3 is 13.9 Å². The Bertz CT molecular complexity index is 423. The highest BCUT2D eigenvalue weighted by Gasteiger charge is 2.50. The molecule has 0 aromatic rings. The number of nitrogens with zero attached hydrogens (tertiary/aromatic N) is 1. The third kappa shape index (κ3) is 4.54. The van der Waals surface area contributed by atoms with Crippen molar-refractivity contribution in [3.63, 3.8) is 0 Å². The maximum absolute atomic E-state index is 11.9. The number of rotatable bonds is 7. The van der Waals surface area contributed by atoms with Gasteiger partial charge in [0.1, 0.15) is 6.04 Å². The van der Waals surface area contributed by atoms with Crippen molar-refractivity contribution in [3.8, 4) is 0 Å². The van der Waals surface area contributed by atoms with E-state index in [9.17, 15) is 24.1 Å². The largest absolute Gasteiger partial charge is 0.480 e. The van der Waals surface area contributed by atoms with Crippen LogP contribution in [0.5, 0.6) is 0 Å². The summed E-state index contributed by atoms with van der Waals surface area (Å²) in [5.74, 6) is -3.03. The van der Waals surface area contributed by atoms with Gasteiger partial charge in [0, 0.05) is 6.42 Å². The Kier molecular flexibility index (Phi) is 6.75. The van der Waals surface area contributed by atoms with Crippen molar-refractivity contribution in [2.75, 3.05) is 6.66 Å². The van der Waals surface area contributed by atoms with Gasteiger partial charge in [0.2, 0.25) is 0 Å². The lowest BCUT2D eigenvalue weighted by atomic mass is 10.2. The van der Waals surface area contributed by atoms with Gasteiger partial charge in [-0.15, -0.1) is 0 Å². The average Bonchev–Trinajstić information content (AvgIpc) is 2.27. The van der Waals surface area contributed by atoms with E-state index in [4.69, 9.17) is 5.11 Å². The molecule has 3 atom stereocenters. The smallest absolute Gasteiger partial charge is 0.465 e. The van der Waals surface area contributed by atoms with Gasteiger partial charge < -0.3 is 15.5 Å². The number of aliphatic carboxylic acids is 1. The molecule has 114 valence electrons. The highest BCUT2D eigenvalue weighted by atomic mass is 31.1. The van der Waals surface area contributed by atoms with E-state index < -0.39 is 37.5 Å². The second kappa shape index (κ2) is 7.31. The molecule has 0 saturated carbocycles. The second-order valence-electron chi connectivity index (χ2n) is 4.47.